The second kappa shape index (κ2) is 4.67. The molecule has 0 aromatic heterocycles. The first-order chi connectivity index (χ1) is 7.97. The monoisotopic (exact) mass is 235 g/mol. The Bertz CT molecular complexity index is 390. The van der Waals surface area contributed by atoms with Gasteiger partial charge in [0.05, 0.1) is 12.7 Å². The molecule has 1 aromatic carbocycles. The molecule has 1 aromatic rings. The number of hydrogen-bond acceptors (Lipinski definition) is 3. The summed E-state index contributed by atoms with van der Waals surface area (Å²) < 4.78 is 5.69. The van der Waals surface area contributed by atoms with Crippen LogP contribution in [0.2, 0.25) is 0 Å². The molecule has 3 nitrogen and oxygen atoms in total. The molecule has 0 unspecified atom stereocenters. The molecule has 1 heterocycles. The Morgan fingerprint density at radius 3 is 2.94 bits per heavy atom. The van der Waals surface area contributed by atoms with Crippen molar-refractivity contribution in [3.8, 4) is 5.75 Å². The molecule has 0 aliphatic carbocycles. The number of benzene rings is 1. The number of ether oxygens (including phenoxy) is 1. The van der Waals surface area contributed by atoms with E-state index in [0.717, 1.165) is 25.3 Å². The number of rotatable bonds is 2. The second-order valence-corrected chi connectivity index (χ2v) is 5.48. The average molecular weight is 235 g/mol. The quantitative estimate of drug-likeness (QED) is 0.854. The third-order valence-electron chi connectivity index (χ3n) is 3.34. The summed E-state index contributed by atoms with van der Waals surface area (Å²) in [6, 6.07) is 7.48. The first-order valence-electron chi connectivity index (χ1n) is 6.12. The lowest BCUT2D eigenvalue weighted by Crippen LogP contribution is -2.54. The van der Waals surface area contributed by atoms with Crippen LogP contribution in [0.3, 0.4) is 0 Å². The molecule has 2 rings (SSSR count). The normalized spacial score (nSPS) is 24.8. The predicted molar refractivity (Wildman–Crippen MR) is 68.0 cm³/mol. The van der Waals surface area contributed by atoms with Gasteiger partial charge in [0.1, 0.15) is 5.75 Å². The molecule has 0 saturated carbocycles. The van der Waals surface area contributed by atoms with Crippen LogP contribution in [0.1, 0.15) is 26.3 Å². The van der Waals surface area contributed by atoms with Gasteiger partial charge in [-0.3, -0.25) is 4.90 Å². The SMILES string of the molecule is C[C@@H]1CN(Cc2cccc(O)c2)C(C)(C)CO1. The highest BCUT2D eigenvalue weighted by Gasteiger charge is 2.33. The van der Waals surface area contributed by atoms with Crippen molar-refractivity contribution in [2.45, 2.75) is 39.0 Å². The van der Waals surface area contributed by atoms with Crippen LogP contribution >= 0.6 is 0 Å². The Labute approximate surface area is 103 Å². The minimum absolute atomic E-state index is 0.0535. The molecule has 0 amide bonds. The van der Waals surface area contributed by atoms with Crippen LogP contribution in [-0.2, 0) is 11.3 Å². The average Bonchev–Trinajstić information content (AvgIpc) is 2.24. The van der Waals surface area contributed by atoms with Gasteiger partial charge in [-0.15, -0.1) is 0 Å². The molecule has 94 valence electrons. The fourth-order valence-corrected chi connectivity index (χ4v) is 2.20. The zero-order valence-electron chi connectivity index (χ0n) is 10.8. The molecule has 1 aliphatic heterocycles. The van der Waals surface area contributed by atoms with Crippen molar-refractivity contribution < 1.29 is 9.84 Å². The largest absolute Gasteiger partial charge is 0.508 e. The summed E-state index contributed by atoms with van der Waals surface area (Å²) in [5.41, 5.74) is 1.20. The van der Waals surface area contributed by atoms with Crippen LogP contribution in [-0.4, -0.2) is 34.8 Å². The maximum atomic E-state index is 9.48. The van der Waals surface area contributed by atoms with Crippen molar-refractivity contribution in [3.05, 3.63) is 29.8 Å². The lowest BCUT2D eigenvalue weighted by Gasteiger charge is -2.44. The molecular formula is C14H21NO2. The number of phenolic OH excluding ortho intramolecular Hbond substituents is 1. The fraction of sp³-hybridized carbons (Fsp3) is 0.571. The van der Waals surface area contributed by atoms with Crippen LogP contribution in [0.4, 0.5) is 0 Å². The first-order valence-corrected chi connectivity index (χ1v) is 6.12. The highest BCUT2D eigenvalue weighted by molar-refractivity contribution is 5.27. The summed E-state index contributed by atoms with van der Waals surface area (Å²) >= 11 is 0. The Balaban J connectivity index is 2.11. The summed E-state index contributed by atoms with van der Waals surface area (Å²) in [7, 11) is 0. The van der Waals surface area contributed by atoms with E-state index in [0.29, 0.717) is 5.75 Å². The topological polar surface area (TPSA) is 32.7 Å². The van der Waals surface area contributed by atoms with Crippen LogP contribution < -0.4 is 0 Å². The lowest BCUT2D eigenvalue weighted by molar-refractivity contribution is -0.0949. The molecule has 1 aliphatic rings. The van der Waals surface area contributed by atoms with Crippen LogP contribution in [0.5, 0.6) is 5.75 Å². The third kappa shape index (κ3) is 2.99. The highest BCUT2D eigenvalue weighted by atomic mass is 16.5. The molecule has 0 spiro atoms. The number of aromatic hydroxyl groups is 1. The van der Waals surface area contributed by atoms with Crippen molar-refractivity contribution in [1.82, 2.24) is 4.90 Å². The first kappa shape index (κ1) is 12.4. The number of hydrogen-bond donors (Lipinski definition) is 1. The zero-order valence-corrected chi connectivity index (χ0v) is 10.8. The van der Waals surface area contributed by atoms with Gasteiger partial charge in [0, 0.05) is 18.6 Å². The summed E-state index contributed by atoms with van der Waals surface area (Å²) in [5.74, 6) is 0.335. The third-order valence-corrected chi connectivity index (χ3v) is 3.34. The molecule has 1 atom stereocenters. The Morgan fingerprint density at radius 2 is 2.24 bits per heavy atom. The molecule has 1 N–H and O–H groups in total. The van der Waals surface area contributed by atoms with E-state index < -0.39 is 0 Å². The molecule has 3 heteroatoms. The molecule has 1 saturated heterocycles. The summed E-state index contributed by atoms with van der Waals surface area (Å²) in [4.78, 5) is 2.41. The van der Waals surface area contributed by atoms with Crippen molar-refractivity contribution in [1.29, 1.82) is 0 Å². The van der Waals surface area contributed by atoms with E-state index in [9.17, 15) is 5.11 Å². The number of morpholine rings is 1. The molecule has 17 heavy (non-hydrogen) atoms. The van der Waals surface area contributed by atoms with E-state index in [1.165, 1.54) is 0 Å². The van der Waals surface area contributed by atoms with Crippen molar-refractivity contribution >= 4 is 0 Å². The molecular weight excluding hydrogens is 214 g/mol. The van der Waals surface area contributed by atoms with Crippen molar-refractivity contribution in [2.24, 2.45) is 0 Å². The summed E-state index contributed by atoms with van der Waals surface area (Å²) in [5, 5.41) is 9.48. The van der Waals surface area contributed by atoms with Gasteiger partial charge in [-0.05, 0) is 38.5 Å². The van der Waals surface area contributed by atoms with Gasteiger partial charge in [-0.25, -0.2) is 0 Å². The van der Waals surface area contributed by atoms with Gasteiger partial charge in [-0.1, -0.05) is 12.1 Å². The van der Waals surface area contributed by atoms with Gasteiger partial charge in [-0.2, -0.15) is 0 Å². The molecule has 1 fully saturated rings. The standard InChI is InChI=1S/C14H21NO2/c1-11-8-15(14(2,3)10-17-11)9-12-5-4-6-13(16)7-12/h4-7,11,16H,8-10H2,1-3H3/t11-/m1/s1. The van der Waals surface area contributed by atoms with Gasteiger partial charge in [0.15, 0.2) is 0 Å². The smallest absolute Gasteiger partial charge is 0.115 e. The maximum absolute atomic E-state index is 9.48. The Kier molecular flexibility index (Phi) is 3.40. The number of phenols is 1. The second-order valence-electron chi connectivity index (χ2n) is 5.48. The van der Waals surface area contributed by atoms with Gasteiger partial charge in [0.25, 0.3) is 0 Å². The van der Waals surface area contributed by atoms with E-state index in [1.807, 2.05) is 12.1 Å². The van der Waals surface area contributed by atoms with Crippen LogP contribution in [0.15, 0.2) is 24.3 Å². The van der Waals surface area contributed by atoms with Crippen LogP contribution in [0.25, 0.3) is 0 Å². The maximum Gasteiger partial charge on any atom is 0.115 e. The lowest BCUT2D eigenvalue weighted by atomic mass is 10.00. The summed E-state index contributed by atoms with van der Waals surface area (Å²) in [6.07, 6.45) is 0.278. The zero-order chi connectivity index (χ0) is 12.5. The van der Waals surface area contributed by atoms with Gasteiger partial charge < -0.3 is 9.84 Å². The van der Waals surface area contributed by atoms with Crippen LogP contribution in [0, 0.1) is 0 Å². The van der Waals surface area contributed by atoms with E-state index in [1.54, 1.807) is 6.07 Å². The highest BCUT2D eigenvalue weighted by Crippen LogP contribution is 2.25. The van der Waals surface area contributed by atoms with Gasteiger partial charge in [0.2, 0.25) is 0 Å². The molecule has 0 bridgehead atoms. The Morgan fingerprint density at radius 1 is 1.47 bits per heavy atom. The fourth-order valence-electron chi connectivity index (χ4n) is 2.20. The van der Waals surface area contributed by atoms with E-state index in [-0.39, 0.29) is 11.6 Å². The van der Waals surface area contributed by atoms with E-state index >= 15 is 0 Å². The van der Waals surface area contributed by atoms with Crippen molar-refractivity contribution in [3.63, 3.8) is 0 Å². The Hall–Kier alpha value is -1.06. The van der Waals surface area contributed by atoms with E-state index in [2.05, 4.69) is 31.7 Å². The predicted octanol–water partition coefficient (Wildman–Crippen LogP) is 2.39. The molecule has 0 radical (unpaired) electrons. The summed E-state index contributed by atoms with van der Waals surface area (Å²) in [6.45, 7) is 9.04. The number of nitrogens with zero attached hydrogens (tertiary/aromatic N) is 1. The van der Waals surface area contributed by atoms with Gasteiger partial charge >= 0.3 is 0 Å². The minimum Gasteiger partial charge on any atom is -0.508 e. The minimum atomic E-state index is 0.0535. The van der Waals surface area contributed by atoms with Crippen molar-refractivity contribution in [2.75, 3.05) is 13.2 Å². The van der Waals surface area contributed by atoms with E-state index in [4.69, 9.17) is 4.74 Å².